The van der Waals surface area contributed by atoms with Crippen molar-refractivity contribution < 1.29 is 18.0 Å². The third-order valence-corrected chi connectivity index (χ3v) is 7.70. The summed E-state index contributed by atoms with van der Waals surface area (Å²) in [6.45, 7) is 13.8. The fourth-order valence-electron chi connectivity index (χ4n) is 3.99. The predicted molar refractivity (Wildman–Crippen MR) is 151 cm³/mol. The zero-order valence-electron chi connectivity index (χ0n) is 23.5. The van der Waals surface area contributed by atoms with Crippen LogP contribution in [0, 0.1) is 6.92 Å². The van der Waals surface area contributed by atoms with Crippen molar-refractivity contribution in [3.63, 3.8) is 0 Å². The Balaban J connectivity index is 2.44. The van der Waals surface area contributed by atoms with E-state index < -0.39 is 28.5 Å². The molecule has 204 valence electrons. The van der Waals surface area contributed by atoms with Crippen LogP contribution in [0.25, 0.3) is 0 Å². The lowest BCUT2D eigenvalue weighted by Gasteiger charge is -2.33. The van der Waals surface area contributed by atoms with E-state index in [0.717, 1.165) is 33.7 Å². The quantitative estimate of drug-likeness (QED) is 0.454. The molecule has 0 fully saturated rings. The number of nitrogens with zero attached hydrogens (tertiary/aromatic N) is 2. The van der Waals surface area contributed by atoms with Gasteiger partial charge in [-0.15, -0.1) is 0 Å². The topological polar surface area (TPSA) is 86.8 Å². The van der Waals surface area contributed by atoms with Crippen LogP contribution in [-0.2, 0) is 31.6 Å². The van der Waals surface area contributed by atoms with Crippen molar-refractivity contribution in [3.05, 3.63) is 65.2 Å². The van der Waals surface area contributed by atoms with E-state index in [0.29, 0.717) is 12.1 Å². The number of amides is 2. The minimum absolute atomic E-state index is 0.0354. The van der Waals surface area contributed by atoms with Crippen LogP contribution < -0.4 is 9.62 Å². The maximum Gasteiger partial charge on any atom is 0.244 e. The van der Waals surface area contributed by atoms with Crippen LogP contribution in [-0.4, -0.2) is 50.0 Å². The van der Waals surface area contributed by atoms with Gasteiger partial charge >= 0.3 is 0 Å². The van der Waals surface area contributed by atoms with Crippen LogP contribution in [0.1, 0.15) is 71.1 Å². The first-order valence-electron chi connectivity index (χ1n) is 12.9. The zero-order valence-corrected chi connectivity index (χ0v) is 24.4. The molecule has 0 bridgehead atoms. The second-order valence-corrected chi connectivity index (χ2v) is 12.7. The number of hydrogen-bond acceptors (Lipinski definition) is 4. The summed E-state index contributed by atoms with van der Waals surface area (Å²) >= 11 is 0. The average molecular weight is 530 g/mol. The van der Waals surface area contributed by atoms with Crippen molar-refractivity contribution in [3.8, 4) is 0 Å². The fraction of sp³-hybridized carbons (Fsp3) is 0.517. The lowest BCUT2D eigenvalue weighted by molar-refractivity contribution is -0.140. The first-order valence-corrected chi connectivity index (χ1v) is 14.8. The highest BCUT2D eigenvalue weighted by Crippen LogP contribution is 2.26. The van der Waals surface area contributed by atoms with E-state index in [1.165, 1.54) is 4.90 Å². The monoisotopic (exact) mass is 529 g/mol. The molecule has 2 aromatic rings. The van der Waals surface area contributed by atoms with Crippen LogP contribution >= 0.6 is 0 Å². The van der Waals surface area contributed by atoms with Crippen LogP contribution in [0.4, 0.5) is 5.69 Å². The molecule has 0 spiro atoms. The predicted octanol–water partition coefficient (Wildman–Crippen LogP) is 4.78. The van der Waals surface area contributed by atoms with Gasteiger partial charge < -0.3 is 10.2 Å². The molecule has 2 rings (SSSR count). The molecule has 7 nitrogen and oxygen atoms in total. The Kier molecular flexibility index (Phi) is 10.3. The highest BCUT2D eigenvalue weighted by atomic mass is 32.2. The molecule has 0 aliphatic heterocycles. The van der Waals surface area contributed by atoms with Crippen molar-refractivity contribution >= 4 is 27.5 Å². The first kappa shape index (κ1) is 30.4. The van der Waals surface area contributed by atoms with Gasteiger partial charge in [0.05, 0.1) is 11.9 Å². The number of anilines is 1. The minimum Gasteiger partial charge on any atom is -0.352 e. The second-order valence-electron chi connectivity index (χ2n) is 10.8. The van der Waals surface area contributed by atoms with Crippen molar-refractivity contribution in [2.45, 2.75) is 85.4 Å². The summed E-state index contributed by atoms with van der Waals surface area (Å²) < 4.78 is 26.7. The molecule has 0 aromatic heterocycles. The second kappa shape index (κ2) is 12.6. The van der Waals surface area contributed by atoms with Gasteiger partial charge in [0.15, 0.2) is 0 Å². The molecular weight excluding hydrogens is 486 g/mol. The number of aryl methyl sites for hydroxylation is 1. The normalized spacial score (nSPS) is 13.5. The summed E-state index contributed by atoms with van der Waals surface area (Å²) in [6, 6.07) is 14.2. The van der Waals surface area contributed by atoms with Crippen LogP contribution in [0.5, 0.6) is 0 Å². The SMILES string of the molecule is CC[C@H](C)NC(=O)[C@H](CC)N(Cc1ccc(C)cc1)C(=O)CN(c1ccc(C(C)(C)C)cc1)S(C)(=O)=O. The third-order valence-electron chi connectivity index (χ3n) is 6.56. The smallest absolute Gasteiger partial charge is 0.244 e. The van der Waals surface area contributed by atoms with Gasteiger partial charge in [-0.3, -0.25) is 13.9 Å². The number of benzene rings is 2. The Hall–Kier alpha value is -2.87. The van der Waals surface area contributed by atoms with E-state index in [1.807, 2.05) is 64.1 Å². The molecule has 0 aliphatic rings. The Morgan fingerprint density at radius 2 is 1.51 bits per heavy atom. The molecule has 1 N–H and O–H groups in total. The minimum atomic E-state index is -3.76. The van der Waals surface area contributed by atoms with Crippen LogP contribution in [0.3, 0.4) is 0 Å². The molecule has 0 unspecified atom stereocenters. The lowest BCUT2D eigenvalue weighted by atomic mass is 9.87. The number of rotatable bonds is 11. The molecule has 0 saturated heterocycles. The van der Waals surface area contributed by atoms with Crippen LogP contribution in [0.2, 0.25) is 0 Å². The summed E-state index contributed by atoms with van der Waals surface area (Å²) in [4.78, 5) is 28.5. The molecule has 8 heteroatoms. The van der Waals surface area contributed by atoms with E-state index >= 15 is 0 Å². The Morgan fingerprint density at radius 1 is 0.946 bits per heavy atom. The number of hydrogen-bond donors (Lipinski definition) is 1. The number of carbonyl (C=O) groups excluding carboxylic acids is 2. The van der Waals surface area contributed by atoms with Crippen molar-refractivity contribution in [1.29, 1.82) is 0 Å². The average Bonchev–Trinajstić information content (AvgIpc) is 2.82. The van der Waals surface area contributed by atoms with Crippen molar-refractivity contribution in [2.75, 3.05) is 17.1 Å². The summed E-state index contributed by atoms with van der Waals surface area (Å²) in [5.41, 5.74) is 3.34. The van der Waals surface area contributed by atoms with Crippen LogP contribution in [0.15, 0.2) is 48.5 Å². The number of carbonyl (C=O) groups is 2. The summed E-state index contributed by atoms with van der Waals surface area (Å²) in [7, 11) is -3.76. The maximum atomic E-state index is 13.8. The lowest BCUT2D eigenvalue weighted by Crippen LogP contribution is -2.53. The molecule has 2 atom stereocenters. The van der Waals surface area contributed by atoms with E-state index in [-0.39, 0.29) is 23.9 Å². The molecule has 0 saturated carbocycles. The van der Waals surface area contributed by atoms with Gasteiger partial charge in [-0.2, -0.15) is 0 Å². The molecule has 0 aliphatic carbocycles. The van der Waals surface area contributed by atoms with E-state index in [1.54, 1.807) is 12.1 Å². The molecule has 2 amide bonds. The van der Waals surface area contributed by atoms with Gasteiger partial charge in [-0.25, -0.2) is 8.42 Å². The zero-order chi connectivity index (χ0) is 28.0. The fourth-order valence-corrected chi connectivity index (χ4v) is 4.84. The Bertz CT molecular complexity index is 1150. The van der Waals surface area contributed by atoms with E-state index in [2.05, 4.69) is 26.1 Å². The van der Waals surface area contributed by atoms with Gasteiger partial charge in [0.25, 0.3) is 0 Å². The molecule has 37 heavy (non-hydrogen) atoms. The molecular formula is C29H43N3O4S. The van der Waals surface area contributed by atoms with E-state index in [9.17, 15) is 18.0 Å². The van der Waals surface area contributed by atoms with Gasteiger partial charge in [0.1, 0.15) is 12.6 Å². The molecule has 0 radical (unpaired) electrons. The van der Waals surface area contributed by atoms with Gasteiger partial charge in [0, 0.05) is 12.6 Å². The molecule has 0 heterocycles. The number of nitrogens with one attached hydrogen (secondary N) is 1. The number of sulfonamides is 1. The van der Waals surface area contributed by atoms with Crippen molar-refractivity contribution in [2.24, 2.45) is 0 Å². The Morgan fingerprint density at radius 3 is 1.97 bits per heavy atom. The Labute approximate surface area is 223 Å². The van der Waals surface area contributed by atoms with Gasteiger partial charge in [-0.05, 0) is 55.4 Å². The van der Waals surface area contributed by atoms with Crippen molar-refractivity contribution in [1.82, 2.24) is 10.2 Å². The first-order chi connectivity index (χ1) is 17.2. The van der Waals surface area contributed by atoms with Gasteiger partial charge in [0.2, 0.25) is 21.8 Å². The van der Waals surface area contributed by atoms with E-state index in [4.69, 9.17) is 0 Å². The summed E-state index contributed by atoms with van der Waals surface area (Å²) in [5.74, 6) is -0.671. The largest absolute Gasteiger partial charge is 0.352 e. The summed E-state index contributed by atoms with van der Waals surface area (Å²) in [6.07, 6.45) is 2.26. The molecule has 2 aromatic carbocycles. The maximum absolute atomic E-state index is 13.8. The highest BCUT2D eigenvalue weighted by molar-refractivity contribution is 7.92. The highest BCUT2D eigenvalue weighted by Gasteiger charge is 2.32. The summed E-state index contributed by atoms with van der Waals surface area (Å²) in [5, 5.41) is 2.98. The third kappa shape index (κ3) is 8.59. The standard InChI is InChI=1S/C29H43N3O4S/c1-9-22(4)30-28(34)26(10-2)31(19-23-13-11-21(3)12-14-23)27(33)20-32(37(8,35)36)25-17-15-24(16-18-25)29(5,6)7/h11-18,22,26H,9-10,19-20H2,1-8H3,(H,30,34)/t22-,26-/m0/s1. The van der Waals surface area contributed by atoms with Gasteiger partial charge in [-0.1, -0.05) is 76.6 Å².